The lowest BCUT2D eigenvalue weighted by atomic mass is 10.1. The maximum absolute atomic E-state index is 12.2. The minimum Gasteiger partial charge on any atom is -0.365 e. The molecule has 1 aromatic heterocycles. The van der Waals surface area contributed by atoms with Crippen LogP contribution in [0.1, 0.15) is 41.5 Å². The van der Waals surface area contributed by atoms with E-state index in [9.17, 15) is 9.59 Å². The molecule has 0 saturated heterocycles. The summed E-state index contributed by atoms with van der Waals surface area (Å²) in [4.78, 5) is 28.2. The summed E-state index contributed by atoms with van der Waals surface area (Å²) >= 11 is 1.31. The molecule has 0 radical (unpaired) electrons. The number of aromatic nitrogens is 1. The van der Waals surface area contributed by atoms with Crippen LogP contribution in [0, 0.1) is 0 Å². The van der Waals surface area contributed by atoms with Crippen LogP contribution in [0.15, 0.2) is 30.5 Å². The Hall–Kier alpha value is -2.41. The van der Waals surface area contributed by atoms with Gasteiger partial charge in [0.05, 0.1) is 12.2 Å². The topological polar surface area (TPSA) is 83.1 Å². The third kappa shape index (κ3) is 4.53. The van der Waals surface area contributed by atoms with Gasteiger partial charge in [-0.3, -0.25) is 9.59 Å². The van der Waals surface area contributed by atoms with Gasteiger partial charge in [0.25, 0.3) is 5.91 Å². The number of nitrogens with one attached hydrogen (secondary N) is 3. The minimum absolute atomic E-state index is 0.0235. The van der Waals surface area contributed by atoms with Gasteiger partial charge in [-0.25, -0.2) is 4.98 Å². The van der Waals surface area contributed by atoms with Gasteiger partial charge < -0.3 is 16.0 Å². The highest BCUT2D eigenvalue weighted by Crippen LogP contribution is 2.20. The average molecular weight is 332 g/mol. The highest BCUT2D eigenvalue weighted by molar-refractivity contribution is 7.17. The SMILES string of the molecule is CCC(=O)Nc1ccc([C@@H](C)NC(=O)c2cnc(NC)s2)cc1. The summed E-state index contributed by atoms with van der Waals surface area (Å²) in [5.74, 6) is -0.176. The maximum atomic E-state index is 12.2. The predicted octanol–water partition coefficient (Wildman–Crippen LogP) is 3.02. The summed E-state index contributed by atoms with van der Waals surface area (Å²) in [6.07, 6.45) is 2.00. The van der Waals surface area contributed by atoms with E-state index in [-0.39, 0.29) is 17.9 Å². The maximum Gasteiger partial charge on any atom is 0.263 e. The first-order valence-corrected chi connectivity index (χ1v) is 8.19. The normalized spacial score (nSPS) is 11.6. The van der Waals surface area contributed by atoms with E-state index < -0.39 is 0 Å². The smallest absolute Gasteiger partial charge is 0.263 e. The molecule has 0 bridgehead atoms. The quantitative estimate of drug-likeness (QED) is 0.759. The van der Waals surface area contributed by atoms with Crippen molar-refractivity contribution in [3.8, 4) is 0 Å². The summed E-state index contributed by atoms with van der Waals surface area (Å²) in [5, 5.41) is 9.35. The summed E-state index contributed by atoms with van der Waals surface area (Å²) in [6.45, 7) is 3.72. The number of carbonyl (C=O) groups excluding carboxylic acids is 2. The van der Waals surface area contributed by atoms with Crippen molar-refractivity contribution >= 4 is 34.0 Å². The van der Waals surface area contributed by atoms with E-state index in [4.69, 9.17) is 0 Å². The van der Waals surface area contributed by atoms with Crippen molar-refractivity contribution < 1.29 is 9.59 Å². The Balaban J connectivity index is 1.98. The summed E-state index contributed by atoms with van der Waals surface area (Å²) in [6, 6.07) is 7.30. The molecule has 0 spiro atoms. The molecular weight excluding hydrogens is 312 g/mol. The molecule has 0 saturated carbocycles. The second-order valence-electron chi connectivity index (χ2n) is 5.00. The first-order valence-electron chi connectivity index (χ1n) is 7.37. The fraction of sp³-hybridized carbons (Fsp3) is 0.312. The van der Waals surface area contributed by atoms with Crippen LogP contribution in [0.2, 0.25) is 0 Å². The number of amides is 2. The van der Waals surface area contributed by atoms with Crippen molar-refractivity contribution in [3.05, 3.63) is 40.9 Å². The zero-order valence-corrected chi connectivity index (χ0v) is 14.2. The molecule has 23 heavy (non-hydrogen) atoms. The molecule has 0 unspecified atom stereocenters. The van der Waals surface area contributed by atoms with Gasteiger partial charge in [-0.15, -0.1) is 0 Å². The second kappa shape index (κ2) is 7.73. The number of hydrogen-bond acceptors (Lipinski definition) is 5. The van der Waals surface area contributed by atoms with Gasteiger partial charge >= 0.3 is 0 Å². The lowest BCUT2D eigenvalue weighted by Gasteiger charge is -2.14. The van der Waals surface area contributed by atoms with E-state index in [0.717, 1.165) is 11.3 Å². The number of carbonyl (C=O) groups is 2. The van der Waals surface area contributed by atoms with E-state index in [1.165, 1.54) is 11.3 Å². The molecule has 3 N–H and O–H groups in total. The van der Waals surface area contributed by atoms with Crippen LogP contribution in [0.25, 0.3) is 0 Å². The lowest BCUT2D eigenvalue weighted by molar-refractivity contribution is -0.115. The molecule has 2 aromatic rings. The number of thiazole rings is 1. The van der Waals surface area contributed by atoms with Gasteiger partial charge in [-0.2, -0.15) is 0 Å². The van der Waals surface area contributed by atoms with Crippen LogP contribution < -0.4 is 16.0 Å². The largest absolute Gasteiger partial charge is 0.365 e. The fourth-order valence-electron chi connectivity index (χ4n) is 1.95. The first kappa shape index (κ1) is 17.0. The zero-order valence-electron chi connectivity index (χ0n) is 13.3. The molecule has 1 atom stereocenters. The molecule has 0 aliphatic heterocycles. The van der Waals surface area contributed by atoms with Gasteiger partial charge in [0.15, 0.2) is 5.13 Å². The fourth-order valence-corrected chi connectivity index (χ4v) is 2.62. The van der Waals surface area contributed by atoms with Gasteiger partial charge in [0, 0.05) is 19.2 Å². The van der Waals surface area contributed by atoms with Crippen LogP contribution in [-0.2, 0) is 4.79 Å². The third-order valence-electron chi connectivity index (χ3n) is 3.31. The van der Waals surface area contributed by atoms with Crippen molar-refractivity contribution in [2.45, 2.75) is 26.3 Å². The Morgan fingerprint density at radius 2 is 1.96 bits per heavy atom. The molecule has 1 aromatic carbocycles. The standard InChI is InChI=1S/C16H20N4O2S/c1-4-14(21)20-12-7-5-11(6-8-12)10(2)19-15(22)13-9-18-16(17-3)23-13/h5-10H,4H2,1-3H3,(H,17,18)(H,19,22)(H,20,21)/t10-/m1/s1. The zero-order chi connectivity index (χ0) is 16.8. The van der Waals surface area contributed by atoms with E-state index in [0.29, 0.717) is 16.4 Å². The van der Waals surface area contributed by atoms with Crippen LogP contribution in [-0.4, -0.2) is 23.8 Å². The molecule has 7 heteroatoms. The van der Waals surface area contributed by atoms with Crippen LogP contribution >= 0.6 is 11.3 Å². The van der Waals surface area contributed by atoms with Gasteiger partial charge in [0.1, 0.15) is 4.88 Å². The van der Waals surface area contributed by atoms with Crippen molar-refractivity contribution in [2.75, 3.05) is 17.7 Å². The van der Waals surface area contributed by atoms with E-state index >= 15 is 0 Å². The monoisotopic (exact) mass is 332 g/mol. The van der Waals surface area contributed by atoms with Crippen LogP contribution in [0.3, 0.4) is 0 Å². The number of rotatable bonds is 6. The second-order valence-corrected chi connectivity index (χ2v) is 6.03. The highest BCUT2D eigenvalue weighted by Gasteiger charge is 2.14. The lowest BCUT2D eigenvalue weighted by Crippen LogP contribution is -2.25. The number of anilines is 2. The van der Waals surface area contributed by atoms with Crippen molar-refractivity contribution in [2.24, 2.45) is 0 Å². The van der Waals surface area contributed by atoms with Crippen LogP contribution in [0.5, 0.6) is 0 Å². The van der Waals surface area contributed by atoms with Gasteiger partial charge in [-0.1, -0.05) is 30.4 Å². The Labute approximate surface area is 139 Å². The first-order chi connectivity index (χ1) is 11.0. The summed E-state index contributed by atoms with van der Waals surface area (Å²) < 4.78 is 0. The molecule has 6 nitrogen and oxygen atoms in total. The van der Waals surface area contributed by atoms with Crippen molar-refractivity contribution in [1.29, 1.82) is 0 Å². The molecule has 2 amide bonds. The highest BCUT2D eigenvalue weighted by atomic mass is 32.1. The Kier molecular flexibility index (Phi) is 5.70. The Morgan fingerprint density at radius 3 is 2.52 bits per heavy atom. The molecule has 0 fully saturated rings. The molecule has 1 heterocycles. The van der Waals surface area contributed by atoms with E-state index in [1.54, 1.807) is 20.2 Å². The molecule has 0 aliphatic rings. The Bertz CT molecular complexity index is 682. The van der Waals surface area contributed by atoms with Gasteiger partial charge in [0.2, 0.25) is 5.91 Å². The number of hydrogen-bond donors (Lipinski definition) is 3. The van der Waals surface area contributed by atoms with Crippen molar-refractivity contribution in [1.82, 2.24) is 10.3 Å². The van der Waals surface area contributed by atoms with Gasteiger partial charge in [-0.05, 0) is 24.6 Å². The van der Waals surface area contributed by atoms with Crippen molar-refractivity contribution in [3.63, 3.8) is 0 Å². The minimum atomic E-state index is -0.153. The number of benzene rings is 1. The molecular formula is C16H20N4O2S. The average Bonchev–Trinajstić information content (AvgIpc) is 3.04. The predicted molar refractivity (Wildman–Crippen MR) is 92.9 cm³/mol. The molecule has 0 aliphatic carbocycles. The third-order valence-corrected chi connectivity index (χ3v) is 4.32. The summed E-state index contributed by atoms with van der Waals surface area (Å²) in [5.41, 5.74) is 1.71. The number of nitrogens with zero attached hydrogens (tertiary/aromatic N) is 1. The van der Waals surface area contributed by atoms with Crippen LogP contribution in [0.4, 0.5) is 10.8 Å². The van der Waals surface area contributed by atoms with E-state index in [1.807, 2.05) is 31.2 Å². The summed E-state index contributed by atoms with van der Waals surface area (Å²) in [7, 11) is 1.77. The molecule has 2 rings (SSSR count). The Morgan fingerprint density at radius 1 is 1.26 bits per heavy atom. The molecule has 122 valence electrons. The van der Waals surface area contributed by atoms with E-state index in [2.05, 4.69) is 20.9 Å².